The Balaban J connectivity index is 3.36. The minimum atomic E-state index is -4.90. The summed E-state index contributed by atoms with van der Waals surface area (Å²) in [5.41, 5.74) is -3.22. The summed E-state index contributed by atoms with van der Waals surface area (Å²) in [6, 6.07) is 1.83. The number of nitriles is 1. The van der Waals surface area contributed by atoms with E-state index in [1.165, 1.54) is 6.07 Å². The first-order valence-electron chi connectivity index (χ1n) is 3.61. The molecule has 1 rings (SSSR count). The van der Waals surface area contributed by atoms with Crippen LogP contribution in [0.25, 0.3) is 0 Å². The summed E-state index contributed by atoms with van der Waals surface area (Å²) in [6.07, 6.45) is -7.95. The lowest BCUT2D eigenvalue weighted by Crippen LogP contribution is -2.10. The third-order valence-electron chi connectivity index (χ3n) is 1.59. The highest BCUT2D eigenvalue weighted by atomic mass is 19.4. The summed E-state index contributed by atoms with van der Waals surface area (Å²) in [5, 5.41) is 8.30. The van der Waals surface area contributed by atoms with Gasteiger partial charge in [-0.25, -0.2) is 13.8 Å². The van der Waals surface area contributed by atoms with Crippen molar-refractivity contribution >= 4 is 0 Å². The number of hydrogen-bond donors (Lipinski definition) is 0. The molecule has 0 bridgehead atoms. The van der Waals surface area contributed by atoms with Gasteiger partial charge in [-0.2, -0.15) is 18.4 Å². The first-order valence-corrected chi connectivity index (χ1v) is 3.61. The average Bonchev–Trinajstić information content (AvgIpc) is 2.15. The van der Waals surface area contributed by atoms with Gasteiger partial charge < -0.3 is 0 Å². The summed E-state index contributed by atoms with van der Waals surface area (Å²) in [6.45, 7) is 0. The van der Waals surface area contributed by atoms with Crippen LogP contribution in [0.2, 0.25) is 0 Å². The van der Waals surface area contributed by atoms with Crippen molar-refractivity contribution in [3.63, 3.8) is 0 Å². The van der Waals surface area contributed by atoms with Gasteiger partial charge in [-0.3, -0.25) is 0 Å². The van der Waals surface area contributed by atoms with E-state index in [0.29, 0.717) is 6.07 Å². The molecule has 0 aliphatic rings. The second-order valence-electron chi connectivity index (χ2n) is 2.57. The molecule has 0 fully saturated rings. The summed E-state index contributed by atoms with van der Waals surface area (Å²) >= 11 is 0. The van der Waals surface area contributed by atoms with Gasteiger partial charge in [0.15, 0.2) is 0 Å². The van der Waals surface area contributed by atoms with Gasteiger partial charge in [-0.1, -0.05) is 0 Å². The van der Waals surface area contributed by atoms with Crippen molar-refractivity contribution in [2.24, 2.45) is 0 Å². The van der Waals surface area contributed by atoms with Crippen molar-refractivity contribution in [1.29, 1.82) is 5.26 Å². The fourth-order valence-electron chi connectivity index (χ4n) is 0.949. The Morgan fingerprint density at radius 3 is 2.33 bits per heavy atom. The molecule has 0 spiro atoms. The predicted octanol–water partition coefficient (Wildman–Crippen LogP) is 2.91. The van der Waals surface area contributed by atoms with E-state index in [0.717, 1.165) is 0 Å². The largest absolute Gasteiger partial charge is 0.418 e. The number of aromatic nitrogens is 1. The fourth-order valence-corrected chi connectivity index (χ4v) is 0.949. The average molecular weight is 222 g/mol. The molecular weight excluding hydrogens is 219 g/mol. The van der Waals surface area contributed by atoms with E-state index >= 15 is 0 Å². The molecule has 0 atom stereocenters. The molecule has 1 aromatic heterocycles. The Kier molecular flexibility index (Phi) is 2.88. The van der Waals surface area contributed by atoms with Gasteiger partial charge in [0, 0.05) is 11.8 Å². The van der Waals surface area contributed by atoms with Gasteiger partial charge in [0.05, 0.1) is 5.56 Å². The molecule has 15 heavy (non-hydrogen) atoms. The van der Waals surface area contributed by atoms with Crippen LogP contribution in [0, 0.1) is 11.3 Å². The second kappa shape index (κ2) is 3.81. The molecule has 0 amide bonds. The number of halogens is 5. The third kappa shape index (κ3) is 2.40. The molecule has 0 N–H and O–H groups in total. The number of rotatable bonds is 1. The van der Waals surface area contributed by atoms with Crippen molar-refractivity contribution in [1.82, 2.24) is 4.98 Å². The lowest BCUT2D eigenvalue weighted by molar-refractivity contribution is -0.139. The van der Waals surface area contributed by atoms with Crippen LogP contribution in [-0.2, 0) is 6.18 Å². The van der Waals surface area contributed by atoms with E-state index < -0.39 is 29.4 Å². The molecule has 0 unspecified atom stereocenters. The lowest BCUT2D eigenvalue weighted by atomic mass is 10.1. The van der Waals surface area contributed by atoms with Crippen molar-refractivity contribution in [3.05, 3.63) is 29.1 Å². The predicted molar refractivity (Wildman–Crippen MR) is 38.9 cm³/mol. The van der Waals surface area contributed by atoms with Gasteiger partial charge >= 0.3 is 6.18 Å². The van der Waals surface area contributed by atoms with Crippen molar-refractivity contribution in [2.45, 2.75) is 12.6 Å². The van der Waals surface area contributed by atoms with Gasteiger partial charge in [-0.15, -0.1) is 0 Å². The summed E-state index contributed by atoms with van der Waals surface area (Å²) < 4.78 is 61.0. The first kappa shape index (κ1) is 11.4. The van der Waals surface area contributed by atoms with E-state index in [2.05, 4.69) is 4.98 Å². The molecule has 0 radical (unpaired) electrons. The maximum atomic E-state index is 12.2. The monoisotopic (exact) mass is 222 g/mol. The Morgan fingerprint density at radius 2 is 1.93 bits per heavy atom. The Morgan fingerprint density at radius 1 is 1.33 bits per heavy atom. The van der Waals surface area contributed by atoms with Gasteiger partial charge in [0.2, 0.25) is 0 Å². The molecule has 1 aromatic rings. The number of alkyl halides is 5. The summed E-state index contributed by atoms with van der Waals surface area (Å²) in [7, 11) is 0. The van der Waals surface area contributed by atoms with E-state index in [1.54, 1.807) is 0 Å². The Bertz CT molecular complexity index is 404. The second-order valence-corrected chi connectivity index (χ2v) is 2.57. The van der Waals surface area contributed by atoms with Gasteiger partial charge in [0.1, 0.15) is 11.8 Å². The standard InChI is InChI=1S/C8H3F5N2/c9-7(10)5-1-4(2-14)15-3-6(5)8(11,12)13/h1,3,7H. The van der Waals surface area contributed by atoms with Crippen LogP contribution in [0.3, 0.4) is 0 Å². The topological polar surface area (TPSA) is 36.7 Å². The molecule has 0 aliphatic carbocycles. The minimum Gasteiger partial charge on any atom is -0.245 e. The maximum Gasteiger partial charge on any atom is 0.418 e. The molecule has 0 aliphatic heterocycles. The quantitative estimate of drug-likeness (QED) is 0.685. The van der Waals surface area contributed by atoms with Crippen LogP contribution in [0.1, 0.15) is 23.2 Å². The van der Waals surface area contributed by atoms with E-state index in [9.17, 15) is 22.0 Å². The van der Waals surface area contributed by atoms with Crippen molar-refractivity contribution < 1.29 is 22.0 Å². The van der Waals surface area contributed by atoms with Crippen LogP contribution < -0.4 is 0 Å². The Hall–Kier alpha value is -1.71. The lowest BCUT2D eigenvalue weighted by Gasteiger charge is -2.11. The molecule has 0 saturated carbocycles. The van der Waals surface area contributed by atoms with E-state index in [-0.39, 0.29) is 6.20 Å². The smallest absolute Gasteiger partial charge is 0.245 e. The fraction of sp³-hybridized carbons (Fsp3) is 0.250. The van der Waals surface area contributed by atoms with E-state index in [4.69, 9.17) is 5.26 Å². The van der Waals surface area contributed by atoms with Gasteiger partial charge in [0.25, 0.3) is 6.43 Å². The molecule has 1 heterocycles. The van der Waals surface area contributed by atoms with Crippen LogP contribution >= 0.6 is 0 Å². The highest BCUT2D eigenvalue weighted by molar-refractivity contribution is 5.34. The zero-order chi connectivity index (χ0) is 11.6. The molecule has 2 nitrogen and oxygen atoms in total. The molecule has 7 heteroatoms. The highest BCUT2D eigenvalue weighted by Gasteiger charge is 2.36. The number of nitrogens with zero attached hydrogens (tertiary/aromatic N) is 2. The SMILES string of the molecule is N#Cc1cc(C(F)F)c(C(F)(F)F)cn1. The zero-order valence-electron chi connectivity index (χ0n) is 7.02. The maximum absolute atomic E-state index is 12.2. The third-order valence-corrected chi connectivity index (χ3v) is 1.59. The molecule has 0 saturated heterocycles. The van der Waals surface area contributed by atoms with Crippen LogP contribution in [0.15, 0.2) is 12.3 Å². The molecule has 0 aromatic carbocycles. The van der Waals surface area contributed by atoms with Gasteiger partial charge in [-0.05, 0) is 6.07 Å². The van der Waals surface area contributed by atoms with E-state index in [1.807, 2.05) is 0 Å². The summed E-state index contributed by atoms with van der Waals surface area (Å²) in [5.74, 6) is 0. The Labute approximate surface area is 81.0 Å². The van der Waals surface area contributed by atoms with Crippen molar-refractivity contribution in [3.8, 4) is 6.07 Å². The van der Waals surface area contributed by atoms with Crippen LogP contribution in [-0.4, -0.2) is 4.98 Å². The first-order chi connectivity index (χ1) is 6.86. The molecular formula is C8H3F5N2. The number of pyridine rings is 1. The normalized spacial score (nSPS) is 11.5. The minimum absolute atomic E-state index is 0.236. The van der Waals surface area contributed by atoms with Crippen LogP contribution in [0.5, 0.6) is 0 Å². The summed E-state index contributed by atoms with van der Waals surface area (Å²) in [4.78, 5) is 3.09. The number of hydrogen-bond acceptors (Lipinski definition) is 2. The van der Waals surface area contributed by atoms with Crippen molar-refractivity contribution in [2.75, 3.05) is 0 Å². The zero-order valence-corrected chi connectivity index (χ0v) is 7.02. The highest BCUT2D eigenvalue weighted by Crippen LogP contribution is 2.35. The molecule has 80 valence electrons. The van der Waals surface area contributed by atoms with Crippen LogP contribution in [0.4, 0.5) is 22.0 Å².